The number of likely N-dealkylation sites (N-methyl/N-ethyl adjacent to an activating group) is 1. The van der Waals surface area contributed by atoms with Gasteiger partial charge in [-0.25, -0.2) is 13.9 Å². The van der Waals surface area contributed by atoms with E-state index in [1.54, 1.807) is 0 Å². The number of anilines is 1. The Bertz CT molecular complexity index is 888. The lowest BCUT2D eigenvalue weighted by Crippen LogP contribution is -2.44. The number of carboxylic acids is 1. The molecule has 0 unspecified atom stereocenters. The molecule has 134 valence electrons. The van der Waals surface area contributed by atoms with Gasteiger partial charge in [0.15, 0.2) is 0 Å². The van der Waals surface area contributed by atoms with Gasteiger partial charge in [-0.15, -0.1) is 0 Å². The van der Waals surface area contributed by atoms with E-state index in [1.165, 1.54) is 13.1 Å². The van der Waals surface area contributed by atoms with Gasteiger partial charge in [0.1, 0.15) is 11.4 Å². The first-order valence-corrected chi connectivity index (χ1v) is 7.78. The minimum atomic E-state index is -1.44. The smallest absolute Gasteiger partial charge is 0.341 e. The van der Waals surface area contributed by atoms with Gasteiger partial charge in [-0.3, -0.25) is 10.0 Å². The predicted molar refractivity (Wildman–Crippen MR) is 90.8 cm³/mol. The third-order valence-electron chi connectivity index (χ3n) is 4.44. The minimum Gasteiger partial charge on any atom is -0.477 e. The zero-order chi connectivity index (χ0) is 18.3. The van der Waals surface area contributed by atoms with Crippen LogP contribution >= 0.6 is 0 Å². The molecule has 1 saturated heterocycles. The van der Waals surface area contributed by atoms with Gasteiger partial charge in [-0.2, -0.15) is 5.17 Å². The number of fused-ring (bicyclic) bond motifs is 1. The highest BCUT2D eigenvalue weighted by Crippen LogP contribution is 2.26. The fourth-order valence-electron chi connectivity index (χ4n) is 3.00. The first-order chi connectivity index (χ1) is 11.8. The zero-order valence-electron chi connectivity index (χ0n) is 13.9. The number of pyridine rings is 1. The van der Waals surface area contributed by atoms with Gasteiger partial charge in [0, 0.05) is 32.4 Å². The van der Waals surface area contributed by atoms with E-state index in [0.717, 1.165) is 30.0 Å². The van der Waals surface area contributed by atoms with Crippen LogP contribution < -0.4 is 15.5 Å². The standard InChI is InChI=1S/C16H19FN4O4/c1-18-3-5-20(6-4-18)14-8-13-10(7-12(14)17)15(22)11(16(23)24)9-21(13)19(2)25/h7-9,25H,3-6H2,1-2H3,(H,23,24). The molecule has 1 aliphatic heterocycles. The fourth-order valence-corrected chi connectivity index (χ4v) is 3.00. The van der Waals surface area contributed by atoms with Crippen molar-refractivity contribution in [2.45, 2.75) is 0 Å². The van der Waals surface area contributed by atoms with E-state index in [2.05, 4.69) is 4.90 Å². The van der Waals surface area contributed by atoms with Crippen LogP contribution in [-0.2, 0) is 0 Å². The van der Waals surface area contributed by atoms with Gasteiger partial charge >= 0.3 is 5.97 Å². The highest BCUT2D eigenvalue weighted by molar-refractivity contribution is 5.93. The minimum absolute atomic E-state index is 0.101. The number of hydroxylamine groups is 1. The molecular formula is C16H19FN4O4. The van der Waals surface area contributed by atoms with E-state index in [-0.39, 0.29) is 10.9 Å². The zero-order valence-corrected chi connectivity index (χ0v) is 13.9. The van der Waals surface area contributed by atoms with E-state index >= 15 is 0 Å². The molecule has 1 fully saturated rings. The molecule has 0 atom stereocenters. The van der Waals surface area contributed by atoms with Crippen molar-refractivity contribution in [1.29, 1.82) is 0 Å². The largest absolute Gasteiger partial charge is 0.477 e. The van der Waals surface area contributed by atoms with Crippen LogP contribution in [0.5, 0.6) is 0 Å². The van der Waals surface area contributed by atoms with Crippen molar-refractivity contribution in [3.8, 4) is 0 Å². The van der Waals surface area contributed by atoms with Crippen molar-refractivity contribution in [3.05, 3.63) is 39.9 Å². The monoisotopic (exact) mass is 350 g/mol. The number of benzene rings is 1. The van der Waals surface area contributed by atoms with Gasteiger partial charge in [-0.05, 0) is 19.2 Å². The predicted octanol–water partition coefficient (Wildman–Crippen LogP) is 0.548. The molecule has 1 aromatic heterocycles. The van der Waals surface area contributed by atoms with E-state index in [0.29, 0.717) is 23.9 Å². The van der Waals surface area contributed by atoms with Crippen LogP contribution in [0.4, 0.5) is 10.1 Å². The number of carboxylic acid groups (broad SMARTS) is 1. The molecule has 0 saturated carbocycles. The molecule has 9 heteroatoms. The SMILES string of the molecule is CN1CCN(c2cc3c(cc2F)c(=O)c(C(=O)O)cn3N(C)O)CC1. The van der Waals surface area contributed by atoms with Crippen LogP contribution in [0.15, 0.2) is 23.1 Å². The molecule has 1 aromatic carbocycles. The Morgan fingerprint density at radius 3 is 2.44 bits per heavy atom. The molecule has 25 heavy (non-hydrogen) atoms. The number of hydrogen-bond donors (Lipinski definition) is 2. The molecule has 3 rings (SSSR count). The Morgan fingerprint density at radius 2 is 1.88 bits per heavy atom. The van der Waals surface area contributed by atoms with E-state index < -0.39 is 22.8 Å². The number of hydrogen-bond acceptors (Lipinski definition) is 6. The van der Waals surface area contributed by atoms with Crippen molar-refractivity contribution in [3.63, 3.8) is 0 Å². The summed E-state index contributed by atoms with van der Waals surface area (Å²) in [6, 6.07) is 2.51. The van der Waals surface area contributed by atoms with Crippen molar-refractivity contribution >= 4 is 22.6 Å². The number of halogens is 1. The Balaban J connectivity index is 2.22. The summed E-state index contributed by atoms with van der Waals surface area (Å²) in [5, 5.41) is 19.5. The van der Waals surface area contributed by atoms with Crippen LogP contribution in [0.3, 0.4) is 0 Å². The van der Waals surface area contributed by atoms with Crippen LogP contribution in [0.1, 0.15) is 10.4 Å². The third-order valence-corrected chi connectivity index (χ3v) is 4.44. The lowest BCUT2D eigenvalue weighted by Gasteiger charge is -2.34. The average Bonchev–Trinajstić information content (AvgIpc) is 2.55. The van der Waals surface area contributed by atoms with E-state index in [9.17, 15) is 19.2 Å². The van der Waals surface area contributed by atoms with Gasteiger partial charge < -0.3 is 14.9 Å². The van der Waals surface area contributed by atoms with Crippen LogP contribution in [0.25, 0.3) is 10.9 Å². The maximum absolute atomic E-state index is 14.6. The maximum Gasteiger partial charge on any atom is 0.341 e. The first kappa shape index (κ1) is 17.2. The Labute approximate surface area is 142 Å². The van der Waals surface area contributed by atoms with Gasteiger partial charge in [0.05, 0.1) is 23.6 Å². The lowest BCUT2D eigenvalue weighted by molar-refractivity contribution is 0.0694. The molecular weight excluding hydrogens is 331 g/mol. The third kappa shape index (κ3) is 3.03. The summed E-state index contributed by atoms with van der Waals surface area (Å²) in [6.07, 6.45) is 1.03. The second kappa shape index (κ2) is 6.34. The summed E-state index contributed by atoms with van der Waals surface area (Å²) in [7, 11) is 3.27. The van der Waals surface area contributed by atoms with Crippen LogP contribution in [0.2, 0.25) is 0 Å². The molecule has 0 bridgehead atoms. The second-order valence-electron chi connectivity index (χ2n) is 6.12. The number of aromatic carboxylic acids is 1. The quantitative estimate of drug-likeness (QED) is 0.782. The van der Waals surface area contributed by atoms with Crippen LogP contribution in [-0.4, -0.2) is 66.1 Å². The Kier molecular flexibility index (Phi) is 4.36. The molecule has 8 nitrogen and oxygen atoms in total. The summed E-state index contributed by atoms with van der Waals surface area (Å²) in [4.78, 5) is 27.6. The Hall–Kier alpha value is -2.65. The summed E-state index contributed by atoms with van der Waals surface area (Å²) < 4.78 is 15.7. The first-order valence-electron chi connectivity index (χ1n) is 7.78. The molecule has 2 N–H and O–H groups in total. The molecule has 2 aromatic rings. The maximum atomic E-state index is 14.6. The van der Waals surface area contributed by atoms with Gasteiger partial charge in [0.25, 0.3) is 0 Å². The fraction of sp³-hybridized carbons (Fsp3) is 0.375. The van der Waals surface area contributed by atoms with Crippen molar-refractivity contribution < 1.29 is 19.5 Å². The number of carbonyl (C=O) groups is 1. The molecule has 0 amide bonds. The molecule has 0 spiro atoms. The number of rotatable bonds is 3. The van der Waals surface area contributed by atoms with Crippen molar-refractivity contribution in [2.24, 2.45) is 0 Å². The molecule has 2 heterocycles. The number of aromatic nitrogens is 1. The van der Waals surface area contributed by atoms with Crippen molar-refractivity contribution in [1.82, 2.24) is 9.58 Å². The van der Waals surface area contributed by atoms with Crippen molar-refractivity contribution in [2.75, 3.05) is 50.3 Å². The highest BCUT2D eigenvalue weighted by Gasteiger charge is 2.22. The molecule has 0 aliphatic carbocycles. The number of nitrogens with zero attached hydrogens (tertiary/aromatic N) is 4. The Morgan fingerprint density at radius 1 is 1.24 bits per heavy atom. The van der Waals surface area contributed by atoms with E-state index in [4.69, 9.17) is 5.11 Å². The van der Waals surface area contributed by atoms with Gasteiger partial charge in [-0.1, -0.05) is 0 Å². The number of piperazine rings is 1. The van der Waals surface area contributed by atoms with Gasteiger partial charge in [0.2, 0.25) is 5.43 Å². The molecule has 0 radical (unpaired) electrons. The average molecular weight is 350 g/mol. The highest BCUT2D eigenvalue weighted by atomic mass is 19.1. The van der Waals surface area contributed by atoms with E-state index in [1.807, 2.05) is 11.9 Å². The second-order valence-corrected chi connectivity index (χ2v) is 6.12. The topological polar surface area (TPSA) is 89.2 Å². The summed E-state index contributed by atoms with van der Waals surface area (Å²) in [5.41, 5.74) is -0.779. The van der Waals surface area contributed by atoms with Crippen LogP contribution in [0, 0.1) is 5.82 Å². The summed E-state index contributed by atoms with van der Waals surface area (Å²) >= 11 is 0. The summed E-state index contributed by atoms with van der Waals surface area (Å²) in [5.74, 6) is -2.03. The lowest BCUT2D eigenvalue weighted by atomic mass is 10.1. The summed E-state index contributed by atoms with van der Waals surface area (Å²) in [6.45, 7) is 2.82. The molecule has 1 aliphatic rings. The normalized spacial score (nSPS) is 15.6.